The summed E-state index contributed by atoms with van der Waals surface area (Å²) in [6.07, 6.45) is 5.02. The van der Waals surface area contributed by atoms with Crippen LogP contribution in [-0.2, 0) is 0 Å². The number of anilines is 1. The highest BCUT2D eigenvalue weighted by Gasteiger charge is 2.19. The van der Waals surface area contributed by atoms with Gasteiger partial charge in [-0.05, 0) is 51.1 Å². The predicted molar refractivity (Wildman–Crippen MR) is 69.3 cm³/mol. The van der Waals surface area contributed by atoms with Gasteiger partial charge in [-0.1, -0.05) is 12.8 Å². The van der Waals surface area contributed by atoms with E-state index < -0.39 is 0 Å². The lowest BCUT2D eigenvalue weighted by molar-refractivity contribution is 0.215. The van der Waals surface area contributed by atoms with Crippen LogP contribution < -0.4 is 5.73 Å². The summed E-state index contributed by atoms with van der Waals surface area (Å²) in [6, 6.07) is 4.98. The summed E-state index contributed by atoms with van der Waals surface area (Å²) in [4.78, 5) is 2.37. The van der Waals surface area contributed by atoms with Crippen molar-refractivity contribution in [3.05, 3.63) is 29.6 Å². The third-order valence-electron chi connectivity index (χ3n) is 3.66. The molecule has 0 aliphatic carbocycles. The van der Waals surface area contributed by atoms with E-state index in [2.05, 4.69) is 11.8 Å². The second kappa shape index (κ2) is 5.50. The first-order valence-electron chi connectivity index (χ1n) is 6.47. The van der Waals surface area contributed by atoms with Gasteiger partial charge in [-0.15, -0.1) is 0 Å². The van der Waals surface area contributed by atoms with Crippen molar-refractivity contribution in [2.45, 2.75) is 38.6 Å². The van der Waals surface area contributed by atoms with Gasteiger partial charge in [-0.2, -0.15) is 0 Å². The van der Waals surface area contributed by atoms with E-state index in [9.17, 15) is 4.39 Å². The Morgan fingerprint density at radius 1 is 1.18 bits per heavy atom. The van der Waals surface area contributed by atoms with Crippen LogP contribution in [0.15, 0.2) is 18.2 Å². The Labute approximate surface area is 103 Å². The molecule has 2 N–H and O–H groups in total. The molecule has 3 heteroatoms. The van der Waals surface area contributed by atoms with Gasteiger partial charge in [-0.25, -0.2) is 4.39 Å². The fraction of sp³-hybridized carbons (Fsp3) is 0.571. The highest BCUT2D eigenvalue weighted by atomic mass is 19.1. The number of halogens is 1. The maximum Gasteiger partial charge on any atom is 0.128 e. The van der Waals surface area contributed by atoms with E-state index in [-0.39, 0.29) is 11.9 Å². The number of rotatable bonds is 2. The van der Waals surface area contributed by atoms with Crippen LogP contribution in [0.3, 0.4) is 0 Å². The quantitative estimate of drug-likeness (QED) is 0.798. The van der Waals surface area contributed by atoms with E-state index in [1.807, 2.05) is 0 Å². The highest BCUT2D eigenvalue weighted by Crippen LogP contribution is 2.27. The Kier molecular flexibility index (Phi) is 4.00. The van der Waals surface area contributed by atoms with Crippen LogP contribution in [-0.4, -0.2) is 18.0 Å². The molecule has 1 heterocycles. The van der Waals surface area contributed by atoms with Gasteiger partial charge in [-0.3, -0.25) is 4.90 Å². The third kappa shape index (κ3) is 2.97. The van der Waals surface area contributed by atoms with Crippen LogP contribution in [0.5, 0.6) is 0 Å². The van der Waals surface area contributed by atoms with Crippen molar-refractivity contribution in [2.24, 2.45) is 0 Å². The molecule has 1 aromatic rings. The van der Waals surface area contributed by atoms with Crippen molar-refractivity contribution in [1.82, 2.24) is 4.90 Å². The monoisotopic (exact) mass is 236 g/mol. The van der Waals surface area contributed by atoms with Crippen LogP contribution in [0, 0.1) is 5.82 Å². The van der Waals surface area contributed by atoms with E-state index in [1.54, 1.807) is 12.1 Å². The number of hydrogen-bond acceptors (Lipinski definition) is 2. The van der Waals surface area contributed by atoms with Gasteiger partial charge in [0.15, 0.2) is 0 Å². The van der Waals surface area contributed by atoms with Crippen molar-refractivity contribution in [1.29, 1.82) is 0 Å². The molecule has 1 saturated heterocycles. The molecule has 1 atom stereocenters. The fourth-order valence-corrected chi connectivity index (χ4v) is 2.56. The molecule has 0 amide bonds. The lowest BCUT2D eigenvalue weighted by Crippen LogP contribution is -2.28. The number of likely N-dealkylation sites (tertiary alicyclic amines) is 1. The van der Waals surface area contributed by atoms with E-state index in [0.29, 0.717) is 5.69 Å². The van der Waals surface area contributed by atoms with Crippen LogP contribution in [0.2, 0.25) is 0 Å². The molecule has 2 nitrogen and oxygen atoms in total. The molecule has 1 aliphatic heterocycles. The molecule has 1 aliphatic rings. The lowest BCUT2D eigenvalue weighted by atomic mass is 10.1. The van der Waals surface area contributed by atoms with E-state index >= 15 is 0 Å². The van der Waals surface area contributed by atoms with E-state index in [1.165, 1.54) is 31.7 Å². The minimum absolute atomic E-state index is 0.122. The zero-order valence-corrected chi connectivity index (χ0v) is 10.5. The Balaban J connectivity index is 2.16. The van der Waals surface area contributed by atoms with Crippen LogP contribution in [0.1, 0.15) is 44.2 Å². The number of benzene rings is 1. The SMILES string of the molecule is CC(c1cc(N)ccc1F)N1CCCCCC1. The molecule has 0 aromatic heterocycles. The lowest BCUT2D eigenvalue weighted by Gasteiger charge is -2.28. The summed E-state index contributed by atoms with van der Waals surface area (Å²) in [7, 11) is 0. The summed E-state index contributed by atoms with van der Waals surface area (Å²) >= 11 is 0. The third-order valence-corrected chi connectivity index (χ3v) is 3.66. The van der Waals surface area contributed by atoms with Crippen molar-refractivity contribution < 1.29 is 4.39 Å². The first kappa shape index (κ1) is 12.4. The van der Waals surface area contributed by atoms with E-state index in [0.717, 1.165) is 18.7 Å². The largest absolute Gasteiger partial charge is 0.399 e. The summed E-state index contributed by atoms with van der Waals surface area (Å²) in [5.74, 6) is -0.143. The van der Waals surface area contributed by atoms with Gasteiger partial charge in [0.1, 0.15) is 5.82 Å². The minimum atomic E-state index is -0.143. The standard InChI is InChI=1S/C14H21FN2/c1-11(17-8-4-2-3-5-9-17)13-10-12(16)6-7-14(13)15/h6-7,10-11H,2-5,8-9,16H2,1H3. The normalized spacial score (nSPS) is 19.9. The highest BCUT2D eigenvalue weighted by molar-refractivity contribution is 5.42. The Morgan fingerprint density at radius 3 is 2.47 bits per heavy atom. The van der Waals surface area contributed by atoms with Gasteiger partial charge in [0.2, 0.25) is 0 Å². The minimum Gasteiger partial charge on any atom is -0.399 e. The molecule has 0 saturated carbocycles. The van der Waals surface area contributed by atoms with Crippen LogP contribution >= 0.6 is 0 Å². The first-order valence-corrected chi connectivity index (χ1v) is 6.47. The summed E-state index contributed by atoms with van der Waals surface area (Å²) in [5.41, 5.74) is 7.11. The topological polar surface area (TPSA) is 29.3 Å². The van der Waals surface area contributed by atoms with Crippen molar-refractivity contribution in [2.75, 3.05) is 18.8 Å². The van der Waals surface area contributed by atoms with E-state index in [4.69, 9.17) is 5.73 Å². The molecular formula is C14H21FN2. The molecule has 0 spiro atoms. The van der Waals surface area contributed by atoms with Gasteiger partial charge in [0.25, 0.3) is 0 Å². The number of nitrogens with zero attached hydrogens (tertiary/aromatic N) is 1. The molecular weight excluding hydrogens is 215 g/mol. The second-order valence-electron chi connectivity index (χ2n) is 4.91. The Hall–Kier alpha value is -1.09. The van der Waals surface area contributed by atoms with Crippen LogP contribution in [0.4, 0.5) is 10.1 Å². The average Bonchev–Trinajstić information content (AvgIpc) is 2.60. The van der Waals surface area contributed by atoms with Gasteiger partial charge in [0.05, 0.1) is 0 Å². The fourth-order valence-electron chi connectivity index (χ4n) is 2.56. The molecule has 0 bridgehead atoms. The average molecular weight is 236 g/mol. The van der Waals surface area contributed by atoms with Crippen molar-refractivity contribution >= 4 is 5.69 Å². The molecule has 0 radical (unpaired) electrons. The summed E-state index contributed by atoms with van der Waals surface area (Å²) < 4.78 is 13.8. The zero-order chi connectivity index (χ0) is 12.3. The zero-order valence-electron chi connectivity index (χ0n) is 10.5. The Bertz CT molecular complexity index is 370. The van der Waals surface area contributed by atoms with Crippen molar-refractivity contribution in [3.8, 4) is 0 Å². The van der Waals surface area contributed by atoms with Gasteiger partial charge < -0.3 is 5.73 Å². The predicted octanol–water partition coefficient (Wildman–Crippen LogP) is 3.34. The summed E-state index contributed by atoms with van der Waals surface area (Å²) in [5, 5.41) is 0. The summed E-state index contributed by atoms with van der Waals surface area (Å²) in [6.45, 7) is 4.20. The van der Waals surface area contributed by atoms with Crippen LogP contribution in [0.25, 0.3) is 0 Å². The maximum absolute atomic E-state index is 13.8. The molecule has 94 valence electrons. The number of hydrogen-bond donors (Lipinski definition) is 1. The first-order chi connectivity index (χ1) is 8.18. The molecule has 17 heavy (non-hydrogen) atoms. The number of nitrogen functional groups attached to an aromatic ring is 1. The molecule has 1 fully saturated rings. The van der Waals surface area contributed by atoms with Crippen molar-refractivity contribution in [3.63, 3.8) is 0 Å². The van der Waals surface area contributed by atoms with Gasteiger partial charge >= 0.3 is 0 Å². The molecule has 2 rings (SSSR count). The molecule has 1 aromatic carbocycles. The smallest absolute Gasteiger partial charge is 0.128 e. The van der Waals surface area contributed by atoms with Gasteiger partial charge in [0, 0.05) is 17.3 Å². The Morgan fingerprint density at radius 2 is 1.82 bits per heavy atom. The number of nitrogens with two attached hydrogens (primary N) is 1. The second-order valence-corrected chi connectivity index (χ2v) is 4.91. The molecule has 1 unspecified atom stereocenters. The maximum atomic E-state index is 13.8.